The Morgan fingerprint density at radius 2 is 2.03 bits per heavy atom. The van der Waals surface area contributed by atoms with Gasteiger partial charge in [-0.05, 0) is 30.2 Å². The summed E-state index contributed by atoms with van der Waals surface area (Å²) in [4.78, 5) is 8.79. The van der Waals surface area contributed by atoms with E-state index < -0.39 is 5.83 Å². The second-order valence-electron chi connectivity index (χ2n) is 6.93. The summed E-state index contributed by atoms with van der Waals surface area (Å²) >= 11 is 0. The summed E-state index contributed by atoms with van der Waals surface area (Å²) in [5, 5.41) is 20.1. The van der Waals surface area contributed by atoms with Gasteiger partial charge in [0, 0.05) is 31.3 Å². The maximum atomic E-state index is 13.2. The maximum absolute atomic E-state index is 13.2. The van der Waals surface area contributed by atoms with Gasteiger partial charge in [-0.25, -0.2) is 14.4 Å². The van der Waals surface area contributed by atoms with E-state index >= 15 is 0 Å². The molecule has 31 heavy (non-hydrogen) atoms. The quantitative estimate of drug-likeness (QED) is 0.459. The topological polar surface area (TPSA) is 98.7 Å². The number of aryl methyl sites for hydroxylation is 1. The van der Waals surface area contributed by atoms with E-state index in [0.717, 1.165) is 11.4 Å². The first-order valence-electron chi connectivity index (χ1n) is 9.40. The van der Waals surface area contributed by atoms with Crippen LogP contribution < -0.4 is 5.32 Å². The molecule has 4 heterocycles. The fourth-order valence-electron chi connectivity index (χ4n) is 2.92. The highest BCUT2D eigenvalue weighted by atomic mass is 19.1. The average Bonchev–Trinajstić information content (AvgIpc) is 3.33. The molecule has 9 nitrogen and oxygen atoms in total. The van der Waals surface area contributed by atoms with Crippen molar-refractivity contribution >= 4 is 17.4 Å². The number of rotatable bonds is 7. The Kier molecular flexibility index (Phi) is 5.35. The van der Waals surface area contributed by atoms with E-state index in [1.165, 1.54) is 0 Å². The van der Waals surface area contributed by atoms with Gasteiger partial charge in [-0.3, -0.25) is 4.68 Å². The molecule has 0 atom stereocenters. The molecule has 0 saturated heterocycles. The number of fused-ring (bicyclic) bond motifs is 1. The SMILES string of the molecule is C=C(/C=C(/C)C(=C)F)Cc1nnc2cc(-c3ccnc(Nc4ccnn4C)n3)cnn12. The molecule has 0 aromatic carbocycles. The number of nitrogens with zero attached hydrogens (tertiary/aromatic N) is 8. The van der Waals surface area contributed by atoms with Crippen molar-refractivity contribution in [3.63, 3.8) is 0 Å². The van der Waals surface area contributed by atoms with E-state index in [0.29, 0.717) is 40.7 Å². The Morgan fingerprint density at radius 3 is 2.77 bits per heavy atom. The lowest BCUT2D eigenvalue weighted by atomic mass is 10.1. The minimum absolute atomic E-state index is 0.379. The second kappa shape index (κ2) is 8.27. The van der Waals surface area contributed by atoms with Crippen LogP contribution in [-0.2, 0) is 13.5 Å². The number of allylic oxidation sites excluding steroid dienone is 4. The number of hydrogen-bond donors (Lipinski definition) is 1. The molecule has 0 aliphatic rings. The van der Waals surface area contributed by atoms with Crippen molar-refractivity contribution in [2.75, 3.05) is 5.32 Å². The number of hydrogen-bond acceptors (Lipinski definition) is 7. The zero-order valence-corrected chi connectivity index (χ0v) is 17.1. The molecule has 0 spiro atoms. The molecule has 0 unspecified atom stereocenters. The van der Waals surface area contributed by atoms with Crippen LogP contribution in [0.1, 0.15) is 12.7 Å². The smallest absolute Gasteiger partial charge is 0.228 e. The molecule has 0 amide bonds. The van der Waals surface area contributed by atoms with Crippen LogP contribution in [0.3, 0.4) is 0 Å². The molecule has 0 saturated carbocycles. The van der Waals surface area contributed by atoms with Gasteiger partial charge in [-0.2, -0.15) is 14.7 Å². The summed E-state index contributed by atoms with van der Waals surface area (Å²) < 4.78 is 16.5. The molecular weight excluding hydrogens is 397 g/mol. The highest BCUT2D eigenvalue weighted by Crippen LogP contribution is 2.20. The standard InChI is InChI=1S/C21H20FN9/c1-13(9-14(2)15(3)22)10-19-28-29-20-11-16(12-25-31(19)20)17-5-7-23-21(26-17)27-18-6-8-24-30(18)4/h5-9,11-12H,1,3,10H2,2,4H3,(H,23,26,27)/b14-9-. The van der Waals surface area contributed by atoms with Crippen molar-refractivity contribution < 1.29 is 4.39 Å². The largest absolute Gasteiger partial charge is 0.309 e. The first-order chi connectivity index (χ1) is 14.9. The van der Waals surface area contributed by atoms with Gasteiger partial charge < -0.3 is 5.32 Å². The van der Waals surface area contributed by atoms with Gasteiger partial charge in [0.1, 0.15) is 11.6 Å². The first kappa shape index (κ1) is 20.1. The minimum Gasteiger partial charge on any atom is -0.309 e. The minimum atomic E-state index is -0.489. The molecule has 156 valence electrons. The van der Waals surface area contributed by atoms with Crippen molar-refractivity contribution in [2.24, 2.45) is 7.05 Å². The average molecular weight is 417 g/mol. The predicted molar refractivity (Wildman–Crippen MR) is 115 cm³/mol. The molecule has 0 bridgehead atoms. The lowest BCUT2D eigenvalue weighted by Gasteiger charge is -2.07. The van der Waals surface area contributed by atoms with Crippen LogP contribution in [0.4, 0.5) is 16.2 Å². The molecule has 0 radical (unpaired) electrons. The highest BCUT2D eigenvalue weighted by molar-refractivity contribution is 5.64. The van der Waals surface area contributed by atoms with Crippen LogP contribution in [0.5, 0.6) is 0 Å². The number of anilines is 2. The van der Waals surface area contributed by atoms with Crippen molar-refractivity contribution in [1.82, 2.24) is 39.6 Å². The monoisotopic (exact) mass is 417 g/mol. The predicted octanol–water partition coefficient (Wildman–Crippen LogP) is 3.59. The molecule has 1 N–H and O–H groups in total. The normalized spacial score (nSPS) is 11.6. The third-order valence-electron chi connectivity index (χ3n) is 4.57. The van der Waals surface area contributed by atoms with Gasteiger partial charge in [0.2, 0.25) is 5.95 Å². The van der Waals surface area contributed by atoms with Gasteiger partial charge in [-0.15, -0.1) is 10.2 Å². The molecule has 4 aromatic heterocycles. The molecule has 0 fully saturated rings. The molecular formula is C21H20FN9. The molecule has 4 rings (SSSR count). The zero-order chi connectivity index (χ0) is 22.0. The van der Waals surface area contributed by atoms with Gasteiger partial charge in [0.05, 0.1) is 18.1 Å². The fourth-order valence-corrected chi connectivity index (χ4v) is 2.92. The van der Waals surface area contributed by atoms with Crippen LogP contribution in [-0.4, -0.2) is 39.6 Å². The third-order valence-corrected chi connectivity index (χ3v) is 4.57. The number of halogens is 1. The van der Waals surface area contributed by atoms with E-state index in [1.54, 1.807) is 46.9 Å². The van der Waals surface area contributed by atoms with Crippen LogP contribution in [0.2, 0.25) is 0 Å². The van der Waals surface area contributed by atoms with Crippen LogP contribution in [0.15, 0.2) is 73.0 Å². The van der Waals surface area contributed by atoms with E-state index in [1.807, 2.05) is 19.2 Å². The summed E-state index contributed by atoms with van der Waals surface area (Å²) in [6.45, 7) is 8.87. The van der Waals surface area contributed by atoms with Crippen molar-refractivity contribution in [2.45, 2.75) is 13.3 Å². The Morgan fingerprint density at radius 1 is 1.19 bits per heavy atom. The van der Waals surface area contributed by atoms with Gasteiger partial charge in [0.15, 0.2) is 11.5 Å². The fraction of sp³-hybridized carbons (Fsp3) is 0.143. The Hall–Kier alpha value is -4.21. The molecule has 0 aliphatic heterocycles. The van der Waals surface area contributed by atoms with Crippen molar-refractivity contribution in [3.8, 4) is 11.3 Å². The maximum Gasteiger partial charge on any atom is 0.228 e. The zero-order valence-electron chi connectivity index (χ0n) is 17.1. The van der Waals surface area contributed by atoms with E-state index in [9.17, 15) is 4.39 Å². The van der Waals surface area contributed by atoms with Crippen molar-refractivity contribution in [1.29, 1.82) is 0 Å². The summed E-state index contributed by atoms with van der Waals surface area (Å²) in [5.74, 6) is 1.32. The summed E-state index contributed by atoms with van der Waals surface area (Å²) in [6.07, 6.45) is 7.05. The molecule has 10 heteroatoms. The van der Waals surface area contributed by atoms with E-state index in [2.05, 4.69) is 48.8 Å². The van der Waals surface area contributed by atoms with Crippen LogP contribution >= 0.6 is 0 Å². The summed E-state index contributed by atoms with van der Waals surface area (Å²) in [5.41, 5.74) is 3.12. The lowest BCUT2D eigenvalue weighted by Crippen LogP contribution is -2.03. The Balaban J connectivity index is 1.57. The Bertz CT molecular complexity index is 1320. The lowest BCUT2D eigenvalue weighted by molar-refractivity contribution is 0.655. The first-order valence-corrected chi connectivity index (χ1v) is 9.40. The third kappa shape index (κ3) is 4.37. The summed E-state index contributed by atoms with van der Waals surface area (Å²) in [7, 11) is 1.83. The second-order valence-corrected chi connectivity index (χ2v) is 6.93. The van der Waals surface area contributed by atoms with Crippen LogP contribution in [0, 0.1) is 0 Å². The van der Waals surface area contributed by atoms with Crippen LogP contribution in [0.25, 0.3) is 16.9 Å². The summed E-state index contributed by atoms with van der Waals surface area (Å²) in [6, 6.07) is 5.46. The van der Waals surface area contributed by atoms with Gasteiger partial charge >= 0.3 is 0 Å². The van der Waals surface area contributed by atoms with Gasteiger partial charge in [0.25, 0.3) is 0 Å². The van der Waals surface area contributed by atoms with E-state index in [4.69, 9.17) is 0 Å². The van der Waals surface area contributed by atoms with Gasteiger partial charge in [-0.1, -0.05) is 19.2 Å². The number of aromatic nitrogens is 8. The Labute approximate surface area is 177 Å². The molecule has 4 aromatic rings. The highest BCUT2D eigenvalue weighted by Gasteiger charge is 2.11. The van der Waals surface area contributed by atoms with E-state index in [-0.39, 0.29) is 0 Å². The molecule has 0 aliphatic carbocycles. The number of nitrogens with one attached hydrogen (secondary N) is 1. The van der Waals surface area contributed by atoms with Crippen molar-refractivity contribution in [3.05, 3.63) is 78.8 Å².